The van der Waals surface area contributed by atoms with E-state index in [9.17, 15) is 0 Å². The lowest BCUT2D eigenvalue weighted by Crippen LogP contribution is -2.05. The molecule has 1 N–H and O–H groups in total. The minimum atomic E-state index is -0.125. The second-order valence-corrected chi connectivity index (χ2v) is 2.20. The van der Waals surface area contributed by atoms with Gasteiger partial charge in [-0.05, 0) is 19.3 Å². The molecule has 1 unspecified atom stereocenters. The molecule has 56 valence electrons. The zero-order chi connectivity index (χ0) is 7.11. The third kappa shape index (κ3) is 5.80. The number of ether oxygens (including phenoxy) is 1. The van der Waals surface area contributed by atoms with E-state index < -0.39 is 0 Å². The normalized spacial score (nSPS) is 13.7. The molecule has 2 heteroatoms. The zero-order valence-corrected chi connectivity index (χ0v) is 6.26. The summed E-state index contributed by atoms with van der Waals surface area (Å²) in [6, 6.07) is 0. The van der Waals surface area contributed by atoms with Gasteiger partial charge in [-0.15, -0.1) is 0 Å². The van der Waals surface area contributed by atoms with Crippen LogP contribution in [0, 0.1) is 0 Å². The molecule has 0 saturated carbocycles. The van der Waals surface area contributed by atoms with Crippen LogP contribution in [0.4, 0.5) is 0 Å². The summed E-state index contributed by atoms with van der Waals surface area (Å²) in [7, 11) is 1.68. The monoisotopic (exact) mass is 132 g/mol. The van der Waals surface area contributed by atoms with Crippen LogP contribution in [0.3, 0.4) is 0 Å². The van der Waals surface area contributed by atoms with Crippen molar-refractivity contribution in [2.24, 2.45) is 0 Å². The van der Waals surface area contributed by atoms with Crippen LogP contribution < -0.4 is 0 Å². The number of rotatable bonds is 5. The Morgan fingerprint density at radius 3 is 2.67 bits per heavy atom. The Bertz CT molecular complexity index is 54.9. The molecule has 0 bridgehead atoms. The van der Waals surface area contributed by atoms with Crippen molar-refractivity contribution in [1.82, 2.24) is 0 Å². The van der Waals surface area contributed by atoms with Crippen molar-refractivity contribution in [3.8, 4) is 0 Å². The average molecular weight is 132 g/mol. The van der Waals surface area contributed by atoms with Gasteiger partial charge in [0, 0.05) is 13.7 Å². The first kappa shape index (κ1) is 8.92. The number of hydrogen-bond acceptors (Lipinski definition) is 2. The summed E-state index contributed by atoms with van der Waals surface area (Å²) in [5, 5.41) is 9.03. The number of aliphatic hydroxyl groups is 1. The van der Waals surface area contributed by atoms with Crippen molar-refractivity contribution in [2.45, 2.75) is 32.3 Å². The van der Waals surface area contributed by atoms with Crippen molar-refractivity contribution in [3.63, 3.8) is 0 Å². The molecule has 0 aromatic rings. The minimum absolute atomic E-state index is 0.125. The highest BCUT2D eigenvalue weighted by Crippen LogP contribution is 1.99. The predicted molar refractivity (Wildman–Crippen MR) is 37.4 cm³/mol. The van der Waals surface area contributed by atoms with Gasteiger partial charge in [0.15, 0.2) is 0 Å². The summed E-state index contributed by atoms with van der Waals surface area (Å²) in [4.78, 5) is 0. The lowest BCUT2D eigenvalue weighted by molar-refractivity contribution is 0.132. The summed E-state index contributed by atoms with van der Waals surface area (Å²) < 4.78 is 4.83. The zero-order valence-electron chi connectivity index (χ0n) is 6.26. The number of aliphatic hydroxyl groups excluding tert-OH is 1. The van der Waals surface area contributed by atoms with Gasteiger partial charge in [-0.25, -0.2) is 0 Å². The van der Waals surface area contributed by atoms with E-state index >= 15 is 0 Å². The Balaban J connectivity index is 2.88. The SMILES string of the molecule is CCC(O)CCCOC. The molecular weight excluding hydrogens is 116 g/mol. The summed E-state index contributed by atoms with van der Waals surface area (Å²) in [5.41, 5.74) is 0. The molecule has 0 saturated heterocycles. The molecule has 2 nitrogen and oxygen atoms in total. The van der Waals surface area contributed by atoms with Crippen LogP contribution >= 0.6 is 0 Å². The molecule has 0 aliphatic heterocycles. The van der Waals surface area contributed by atoms with Gasteiger partial charge in [0.25, 0.3) is 0 Å². The van der Waals surface area contributed by atoms with Gasteiger partial charge in [-0.2, -0.15) is 0 Å². The lowest BCUT2D eigenvalue weighted by atomic mass is 10.2. The summed E-state index contributed by atoms with van der Waals surface area (Å²) in [6.07, 6.45) is 2.56. The Hall–Kier alpha value is -0.0800. The molecular formula is C7H16O2. The fourth-order valence-electron chi connectivity index (χ4n) is 0.667. The van der Waals surface area contributed by atoms with Gasteiger partial charge in [0.05, 0.1) is 6.10 Å². The lowest BCUT2D eigenvalue weighted by Gasteiger charge is -2.05. The first-order valence-electron chi connectivity index (χ1n) is 3.48. The van der Waals surface area contributed by atoms with Crippen LogP contribution in [0.5, 0.6) is 0 Å². The fraction of sp³-hybridized carbons (Fsp3) is 1.00. The molecule has 0 aliphatic rings. The second kappa shape index (κ2) is 6.05. The quantitative estimate of drug-likeness (QED) is 0.569. The molecule has 0 fully saturated rings. The van der Waals surface area contributed by atoms with Gasteiger partial charge in [-0.1, -0.05) is 6.92 Å². The van der Waals surface area contributed by atoms with Crippen molar-refractivity contribution < 1.29 is 9.84 Å². The van der Waals surface area contributed by atoms with Crippen molar-refractivity contribution in [2.75, 3.05) is 13.7 Å². The second-order valence-electron chi connectivity index (χ2n) is 2.20. The maximum Gasteiger partial charge on any atom is 0.0538 e. The van der Waals surface area contributed by atoms with Crippen LogP contribution in [0.1, 0.15) is 26.2 Å². The van der Waals surface area contributed by atoms with Gasteiger partial charge < -0.3 is 9.84 Å². The van der Waals surface area contributed by atoms with Crippen molar-refractivity contribution >= 4 is 0 Å². The van der Waals surface area contributed by atoms with E-state index in [4.69, 9.17) is 9.84 Å². The molecule has 0 spiro atoms. The van der Waals surface area contributed by atoms with E-state index in [1.54, 1.807) is 7.11 Å². The Labute approximate surface area is 56.8 Å². The summed E-state index contributed by atoms with van der Waals surface area (Å²) in [5.74, 6) is 0. The van der Waals surface area contributed by atoms with Gasteiger partial charge in [0.1, 0.15) is 0 Å². The van der Waals surface area contributed by atoms with Crippen molar-refractivity contribution in [1.29, 1.82) is 0 Å². The molecule has 0 rings (SSSR count). The largest absolute Gasteiger partial charge is 0.393 e. The highest BCUT2D eigenvalue weighted by molar-refractivity contribution is 4.50. The third-order valence-electron chi connectivity index (χ3n) is 1.36. The average Bonchev–Trinajstić information content (AvgIpc) is 1.89. The first-order valence-corrected chi connectivity index (χ1v) is 3.48. The molecule has 9 heavy (non-hydrogen) atoms. The van der Waals surface area contributed by atoms with Gasteiger partial charge >= 0.3 is 0 Å². The minimum Gasteiger partial charge on any atom is -0.393 e. The van der Waals surface area contributed by atoms with E-state index in [0.29, 0.717) is 0 Å². The predicted octanol–water partition coefficient (Wildman–Crippen LogP) is 1.18. The van der Waals surface area contributed by atoms with Crippen LogP contribution in [-0.2, 0) is 4.74 Å². The molecule has 0 aromatic carbocycles. The Morgan fingerprint density at radius 2 is 2.22 bits per heavy atom. The van der Waals surface area contributed by atoms with E-state index in [1.165, 1.54) is 0 Å². The summed E-state index contributed by atoms with van der Waals surface area (Å²) in [6.45, 7) is 2.74. The van der Waals surface area contributed by atoms with Crippen LogP contribution in [-0.4, -0.2) is 24.9 Å². The van der Waals surface area contributed by atoms with E-state index in [1.807, 2.05) is 6.92 Å². The maximum absolute atomic E-state index is 9.03. The first-order chi connectivity index (χ1) is 4.31. The standard InChI is InChI=1S/C7H16O2/c1-3-7(8)5-4-6-9-2/h7-8H,3-6H2,1-2H3. The highest BCUT2D eigenvalue weighted by atomic mass is 16.5. The fourth-order valence-corrected chi connectivity index (χ4v) is 0.667. The van der Waals surface area contributed by atoms with Gasteiger partial charge in [-0.3, -0.25) is 0 Å². The summed E-state index contributed by atoms with van der Waals surface area (Å²) >= 11 is 0. The van der Waals surface area contributed by atoms with Crippen LogP contribution in [0.2, 0.25) is 0 Å². The van der Waals surface area contributed by atoms with E-state index in [-0.39, 0.29) is 6.10 Å². The maximum atomic E-state index is 9.03. The van der Waals surface area contributed by atoms with Crippen molar-refractivity contribution in [3.05, 3.63) is 0 Å². The molecule has 1 atom stereocenters. The Kier molecular flexibility index (Phi) is 5.99. The number of methoxy groups -OCH3 is 1. The molecule has 0 radical (unpaired) electrons. The highest BCUT2D eigenvalue weighted by Gasteiger charge is 1.97. The smallest absolute Gasteiger partial charge is 0.0538 e. The molecule has 0 aliphatic carbocycles. The van der Waals surface area contributed by atoms with Crippen LogP contribution in [0.15, 0.2) is 0 Å². The Morgan fingerprint density at radius 1 is 1.56 bits per heavy atom. The molecule has 0 heterocycles. The van der Waals surface area contributed by atoms with E-state index in [0.717, 1.165) is 25.9 Å². The third-order valence-corrected chi connectivity index (χ3v) is 1.36. The number of hydrogen-bond donors (Lipinski definition) is 1. The van der Waals surface area contributed by atoms with Gasteiger partial charge in [0.2, 0.25) is 0 Å². The molecule has 0 amide bonds. The van der Waals surface area contributed by atoms with E-state index in [2.05, 4.69) is 0 Å². The van der Waals surface area contributed by atoms with Crippen LogP contribution in [0.25, 0.3) is 0 Å². The topological polar surface area (TPSA) is 29.5 Å². The molecule has 0 aromatic heterocycles.